The van der Waals surface area contributed by atoms with E-state index in [2.05, 4.69) is 19.6 Å². The molecule has 0 N–H and O–H groups in total. The monoisotopic (exact) mass is 289 g/mol. The number of hydrogen-bond donors (Lipinski definition) is 0. The topological polar surface area (TPSA) is 48.5 Å². The molecule has 0 bridgehead atoms. The Kier molecular flexibility index (Phi) is 3.44. The van der Waals surface area contributed by atoms with Crippen LogP contribution < -0.4 is 0 Å². The fourth-order valence-electron chi connectivity index (χ4n) is 2.27. The van der Waals surface area contributed by atoms with Crippen LogP contribution in [0.5, 0.6) is 0 Å². The van der Waals surface area contributed by atoms with Gasteiger partial charge in [-0.2, -0.15) is 5.10 Å². The minimum atomic E-state index is -0.151. The number of nitrogens with zero attached hydrogens (tertiary/aromatic N) is 5. The highest BCUT2D eigenvalue weighted by Crippen LogP contribution is 2.23. The second-order valence-corrected chi connectivity index (χ2v) is 5.46. The summed E-state index contributed by atoms with van der Waals surface area (Å²) in [5.41, 5.74) is 2.75. The van der Waals surface area contributed by atoms with Crippen LogP contribution >= 0.6 is 11.6 Å². The molecule has 3 aromatic heterocycles. The first-order valence-electron chi connectivity index (χ1n) is 6.60. The molecular weight excluding hydrogens is 274 g/mol. The zero-order valence-electron chi connectivity index (χ0n) is 11.5. The second kappa shape index (κ2) is 5.25. The molecule has 1 unspecified atom stereocenters. The molecule has 0 aromatic carbocycles. The Labute approximate surface area is 122 Å². The molecule has 6 heteroatoms. The number of aromatic nitrogens is 5. The average molecular weight is 290 g/mol. The lowest BCUT2D eigenvalue weighted by Crippen LogP contribution is -2.11. The van der Waals surface area contributed by atoms with E-state index in [1.165, 1.54) is 0 Å². The van der Waals surface area contributed by atoms with Gasteiger partial charge in [-0.1, -0.05) is 0 Å². The number of alkyl halides is 1. The third kappa shape index (κ3) is 2.41. The van der Waals surface area contributed by atoms with Gasteiger partial charge in [-0.05, 0) is 32.0 Å². The Balaban J connectivity index is 2.01. The summed E-state index contributed by atoms with van der Waals surface area (Å²) in [6.07, 6.45) is 3.72. The standard InChI is InChI=1S/C14H16ClN5/c1-10-4-5-12-14(17-10)20(13(18-12)11(2)15)9-8-19-7-3-6-16-19/h3-7,11H,8-9H2,1-2H3. The summed E-state index contributed by atoms with van der Waals surface area (Å²) in [7, 11) is 0. The summed E-state index contributed by atoms with van der Waals surface area (Å²) < 4.78 is 3.98. The lowest BCUT2D eigenvalue weighted by atomic mass is 10.3. The second-order valence-electron chi connectivity index (χ2n) is 4.80. The van der Waals surface area contributed by atoms with E-state index in [0.29, 0.717) is 0 Å². The van der Waals surface area contributed by atoms with Crippen LogP contribution in [0, 0.1) is 6.92 Å². The molecule has 0 fully saturated rings. The molecule has 0 aliphatic heterocycles. The van der Waals surface area contributed by atoms with Gasteiger partial charge in [0, 0.05) is 24.6 Å². The van der Waals surface area contributed by atoms with Crippen LogP contribution in [0.1, 0.15) is 23.8 Å². The Morgan fingerprint density at radius 1 is 1.25 bits per heavy atom. The number of rotatable bonds is 4. The lowest BCUT2D eigenvalue weighted by molar-refractivity contribution is 0.526. The Morgan fingerprint density at radius 3 is 2.80 bits per heavy atom. The van der Waals surface area contributed by atoms with Gasteiger partial charge in [0.15, 0.2) is 5.65 Å². The van der Waals surface area contributed by atoms with Crippen LogP contribution in [0.3, 0.4) is 0 Å². The molecule has 1 atom stereocenters. The molecule has 3 rings (SSSR count). The Bertz CT molecular complexity index is 715. The van der Waals surface area contributed by atoms with Crippen LogP contribution in [-0.4, -0.2) is 24.3 Å². The third-order valence-corrected chi connectivity index (χ3v) is 3.42. The van der Waals surface area contributed by atoms with Crippen LogP contribution in [0.2, 0.25) is 0 Å². The maximum atomic E-state index is 6.25. The van der Waals surface area contributed by atoms with Gasteiger partial charge in [0.25, 0.3) is 0 Å². The zero-order valence-corrected chi connectivity index (χ0v) is 12.2. The van der Waals surface area contributed by atoms with E-state index in [1.807, 2.05) is 42.9 Å². The predicted molar refractivity (Wildman–Crippen MR) is 78.8 cm³/mol. The minimum absolute atomic E-state index is 0.151. The van der Waals surface area contributed by atoms with Crippen LogP contribution in [0.15, 0.2) is 30.6 Å². The third-order valence-electron chi connectivity index (χ3n) is 3.23. The van der Waals surface area contributed by atoms with Gasteiger partial charge in [0.05, 0.1) is 11.9 Å². The summed E-state index contributed by atoms with van der Waals surface area (Å²) in [6, 6.07) is 5.88. The molecular formula is C14H16ClN5. The highest BCUT2D eigenvalue weighted by Gasteiger charge is 2.15. The predicted octanol–water partition coefficient (Wildman–Crippen LogP) is 2.94. The summed E-state index contributed by atoms with van der Waals surface area (Å²) >= 11 is 6.25. The molecule has 3 heterocycles. The summed E-state index contributed by atoms with van der Waals surface area (Å²) in [5, 5.41) is 4.07. The number of imidazole rings is 1. The number of pyridine rings is 1. The first kappa shape index (κ1) is 13.1. The number of hydrogen-bond acceptors (Lipinski definition) is 3. The molecule has 0 aliphatic rings. The molecule has 104 valence electrons. The Hall–Kier alpha value is -1.88. The van der Waals surface area contributed by atoms with Gasteiger partial charge in [0.1, 0.15) is 11.3 Å². The van der Waals surface area contributed by atoms with E-state index in [9.17, 15) is 0 Å². The molecule has 0 radical (unpaired) electrons. The van der Waals surface area contributed by atoms with Crippen molar-refractivity contribution in [2.75, 3.05) is 0 Å². The van der Waals surface area contributed by atoms with Gasteiger partial charge < -0.3 is 4.57 Å². The quantitative estimate of drug-likeness (QED) is 0.694. The molecule has 0 spiro atoms. The highest BCUT2D eigenvalue weighted by atomic mass is 35.5. The molecule has 3 aromatic rings. The Morgan fingerprint density at radius 2 is 2.10 bits per heavy atom. The minimum Gasteiger partial charge on any atom is -0.310 e. The highest BCUT2D eigenvalue weighted by molar-refractivity contribution is 6.20. The molecule has 0 amide bonds. The maximum Gasteiger partial charge on any atom is 0.160 e. The number of fused-ring (bicyclic) bond motifs is 1. The van der Waals surface area contributed by atoms with Crippen molar-refractivity contribution in [3.05, 3.63) is 42.1 Å². The van der Waals surface area contributed by atoms with E-state index in [1.54, 1.807) is 6.20 Å². The zero-order chi connectivity index (χ0) is 14.1. The average Bonchev–Trinajstić information content (AvgIpc) is 3.03. The van der Waals surface area contributed by atoms with E-state index in [-0.39, 0.29) is 5.38 Å². The van der Waals surface area contributed by atoms with Crippen LogP contribution in [0.25, 0.3) is 11.2 Å². The SMILES string of the molecule is Cc1ccc2nc(C(C)Cl)n(CCn3cccn3)c2n1. The van der Waals surface area contributed by atoms with Gasteiger partial charge >= 0.3 is 0 Å². The van der Waals surface area contributed by atoms with Gasteiger partial charge in [-0.25, -0.2) is 9.97 Å². The van der Waals surface area contributed by atoms with Crippen molar-refractivity contribution < 1.29 is 0 Å². The van der Waals surface area contributed by atoms with E-state index in [0.717, 1.165) is 35.8 Å². The summed E-state index contributed by atoms with van der Waals surface area (Å²) in [6.45, 7) is 5.43. The molecule has 5 nitrogen and oxygen atoms in total. The van der Waals surface area contributed by atoms with Crippen molar-refractivity contribution in [3.8, 4) is 0 Å². The van der Waals surface area contributed by atoms with Gasteiger partial charge in [-0.15, -0.1) is 11.6 Å². The maximum absolute atomic E-state index is 6.25. The van der Waals surface area contributed by atoms with E-state index < -0.39 is 0 Å². The smallest absolute Gasteiger partial charge is 0.160 e. The van der Waals surface area contributed by atoms with Crippen molar-refractivity contribution in [3.63, 3.8) is 0 Å². The number of aryl methyl sites for hydroxylation is 3. The molecule has 20 heavy (non-hydrogen) atoms. The fraction of sp³-hybridized carbons (Fsp3) is 0.357. The van der Waals surface area contributed by atoms with Crippen LogP contribution in [0.4, 0.5) is 0 Å². The van der Waals surface area contributed by atoms with Crippen molar-refractivity contribution in [2.45, 2.75) is 32.3 Å². The van der Waals surface area contributed by atoms with Crippen LogP contribution in [-0.2, 0) is 13.1 Å². The molecule has 0 saturated carbocycles. The van der Waals surface area contributed by atoms with Crippen molar-refractivity contribution in [1.29, 1.82) is 0 Å². The summed E-state index contributed by atoms with van der Waals surface area (Å²) in [5.74, 6) is 0.854. The fourth-order valence-corrected chi connectivity index (χ4v) is 2.44. The van der Waals surface area contributed by atoms with Gasteiger partial charge in [0.2, 0.25) is 0 Å². The normalized spacial score (nSPS) is 12.9. The first-order chi connectivity index (χ1) is 9.65. The van der Waals surface area contributed by atoms with E-state index >= 15 is 0 Å². The molecule has 0 saturated heterocycles. The van der Waals surface area contributed by atoms with E-state index in [4.69, 9.17) is 11.6 Å². The first-order valence-corrected chi connectivity index (χ1v) is 7.04. The van der Waals surface area contributed by atoms with Crippen molar-refractivity contribution >= 4 is 22.8 Å². The lowest BCUT2D eigenvalue weighted by Gasteiger charge is -2.10. The number of halogens is 1. The van der Waals surface area contributed by atoms with Gasteiger partial charge in [-0.3, -0.25) is 4.68 Å². The largest absolute Gasteiger partial charge is 0.310 e. The van der Waals surface area contributed by atoms with Crippen molar-refractivity contribution in [2.24, 2.45) is 0 Å². The summed E-state index contributed by atoms with van der Waals surface area (Å²) in [4.78, 5) is 9.18. The molecule has 0 aliphatic carbocycles. The van der Waals surface area contributed by atoms with Crippen molar-refractivity contribution in [1.82, 2.24) is 24.3 Å².